The van der Waals surface area contributed by atoms with E-state index in [-0.39, 0.29) is 17.9 Å². The zero-order valence-corrected chi connectivity index (χ0v) is 17.1. The van der Waals surface area contributed by atoms with Crippen molar-refractivity contribution >= 4 is 23.4 Å². The van der Waals surface area contributed by atoms with Gasteiger partial charge in [-0.25, -0.2) is 23.7 Å². The third-order valence-corrected chi connectivity index (χ3v) is 5.14. The molecule has 0 bridgehead atoms. The fourth-order valence-electron chi connectivity index (χ4n) is 3.45. The van der Waals surface area contributed by atoms with E-state index >= 15 is 0 Å². The van der Waals surface area contributed by atoms with Crippen molar-refractivity contribution in [3.63, 3.8) is 0 Å². The Morgan fingerprint density at radius 2 is 1.77 bits per heavy atom. The van der Waals surface area contributed by atoms with Crippen molar-refractivity contribution in [2.24, 2.45) is 0 Å². The largest absolute Gasteiger partial charge is 0.353 e. The summed E-state index contributed by atoms with van der Waals surface area (Å²) in [7, 11) is 0. The van der Waals surface area contributed by atoms with E-state index in [1.165, 1.54) is 12.4 Å². The molecule has 1 fully saturated rings. The van der Waals surface area contributed by atoms with Gasteiger partial charge in [-0.05, 0) is 36.2 Å². The first-order valence-corrected chi connectivity index (χ1v) is 9.96. The second kappa shape index (κ2) is 9.03. The number of hydrogen-bond donors (Lipinski definition) is 1. The van der Waals surface area contributed by atoms with Crippen LogP contribution in [-0.4, -0.2) is 51.9 Å². The number of carbonyl (C=O) groups is 1. The summed E-state index contributed by atoms with van der Waals surface area (Å²) in [6, 6.07) is 8.97. The molecule has 1 aromatic carbocycles. The molecule has 1 aliphatic heterocycles. The first kappa shape index (κ1) is 20.6. The van der Waals surface area contributed by atoms with Crippen LogP contribution in [0, 0.1) is 18.6 Å². The number of rotatable bonds is 5. The number of amides is 1. The molecular weight excluding hydrogens is 402 g/mol. The summed E-state index contributed by atoms with van der Waals surface area (Å²) in [4.78, 5) is 29.2. The Kier molecular flexibility index (Phi) is 6.01. The molecule has 0 aliphatic carbocycles. The first-order valence-electron chi connectivity index (χ1n) is 9.96. The van der Waals surface area contributed by atoms with Crippen molar-refractivity contribution in [2.45, 2.75) is 13.3 Å². The number of nitrogens with one attached hydrogen (secondary N) is 1. The normalized spacial score (nSPS) is 13.9. The van der Waals surface area contributed by atoms with Crippen molar-refractivity contribution in [3.05, 3.63) is 71.7 Å². The van der Waals surface area contributed by atoms with Gasteiger partial charge in [0, 0.05) is 44.5 Å². The molecule has 0 radical (unpaired) electrons. The monoisotopic (exact) mass is 424 g/mol. The number of aryl methyl sites for hydroxylation is 1. The molecule has 9 heteroatoms. The molecule has 4 rings (SSSR count). The lowest BCUT2D eigenvalue weighted by atomic mass is 10.1. The predicted molar refractivity (Wildman–Crippen MR) is 113 cm³/mol. The molecule has 1 amide bonds. The van der Waals surface area contributed by atoms with E-state index in [1.54, 1.807) is 11.1 Å². The highest BCUT2D eigenvalue weighted by Gasteiger charge is 2.23. The number of benzene rings is 1. The smallest absolute Gasteiger partial charge is 0.227 e. The number of hydrogen-bond acceptors (Lipinski definition) is 6. The summed E-state index contributed by atoms with van der Waals surface area (Å²) in [6.07, 6.45) is 3.13. The van der Waals surface area contributed by atoms with Gasteiger partial charge in [0.05, 0.1) is 6.42 Å². The van der Waals surface area contributed by atoms with E-state index in [0.717, 1.165) is 23.5 Å². The molecule has 1 aliphatic rings. The predicted octanol–water partition coefficient (Wildman–Crippen LogP) is 3.09. The lowest BCUT2D eigenvalue weighted by Gasteiger charge is -2.35. The number of nitrogens with zero attached hydrogens (tertiary/aromatic N) is 5. The van der Waals surface area contributed by atoms with Crippen LogP contribution in [0.3, 0.4) is 0 Å². The van der Waals surface area contributed by atoms with Crippen LogP contribution in [0.4, 0.5) is 26.2 Å². The SMILES string of the molecule is Cc1ccnc(Nc2cc(N3CCN(C(=O)Cc4ccc(F)cc4F)CC3)ncn2)c1. The van der Waals surface area contributed by atoms with Gasteiger partial charge in [0.1, 0.15) is 35.4 Å². The van der Waals surface area contributed by atoms with E-state index in [0.29, 0.717) is 37.8 Å². The average molecular weight is 424 g/mol. The summed E-state index contributed by atoms with van der Waals surface area (Å²) in [5, 5.41) is 3.17. The number of carbonyl (C=O) groups excluding carboxylic acids is 1. The number of piperazine rings is 1. The Labute approximate surface area is 178 Å². The quantitative estimate of drug-likeness (QED) is 0.679. The zero-order valence-electron chi connectivity index (χ0n) is 17.1. The molecule has 0 atom stereocenters. The molecule has 160 valence electrons. The number of pyridine rings is 1. The molecule has 0 saturated carbocycles. The molecule has 1 N–H and O–H groups in total. The van der Waals surface area contributed by atoms with Crippen LogP contribution in [-0.2, 0) is 11.2 Å². The summed E-state index contributed by atoms with van der Waals surface area (Å²) >= 11 is 0. The highest BCUT2D eigenvalue weighted by molar-refractivity contribution is 5.79. The van der Waals surface area contributed by atoms with Gasteiger partial charge in [0.2, 0.25) is 5.91 Å². The van der Waals surface area contributed by atoms with Crippen LogP contribution >= 0.6 is 0 Å². The fourth-order valence-corrected chi connectivity index (χ4v) is 3.45. The molecule has 1 saturated heterocycles. The van der Waals surface area contributed by atoms with Crippen LogP contribution in [0.1, 0.15) is 11.1 Å². The van der Waals surface area contributed by atoms with Crippen LogP contribution in [0.5, 0.6) is 0 Å². The number of anilines is 3. The maximum Gasteiger partial charge on any atom is 0.227 e. The van der Waals surface area contributed by atoms with E-state index in [9.17, 15) is 13.6 Å². The topological polar surface area (TPSA) is 74.2 Å². The minimum absolute atomic E-state index is 0.0861. The molecule has 3 heterocycles. The van der Waals surface area contributed by atoms with Gasteiger partial charge in [0.15, 0.2) is 0 Å². The van der Waals surface area contributed by atoms with E-state index in [1.807, 2.05) is 25.1 Å². The van der Waals surface area contributed by atoms with E-state index in [2.05, 4.69) is 25.2 Å². The van der Waals surface area contributed by atoms with Gasteiger partial charge < -0.3 is 15.1 Å². The lowest BCUT2D eigenvalue weighted by Crippen LogP contribution is -2.49. The minimum Gasteiger partial charge on any atom is -0.353 e. The Morgan fingerprint density at radius 3 is 2.52 bits per heavy atom. The highest BCUT2D eigenvalue weighted by Crippen LogP contribution is 2.20. The summed E-state index contributed by atoms with van der Waals surface area (Å²) < 4.78 is 26.9. The van der Waals surface area contributed by atoms with Crippen molar-refractivity contribution in [1.29, 1.82) is 0 Å². The highest BCUT2D eigenvalue weighted by atomic mass is 19.1. The second-order valence-corrected chi connectivity index (χ2v) is 7.39. The van der Waals surface area contributed by atoms with Crippen LogP contribution in [0.15, 0.2) is 48.9 Å². The third-order valence-electron chi connectivity index (χ3n) is 5.14. The van der Waals surface area contributed by atoms with Crippen LogP contribution in [0.2, 0.25) is 0 Å². The molecule has 2 aromatic heterocycles. The molecule has 31 heavy (non-hydrogen) atoms. The van der Waals surface area contributed by atoms with Gasteiger partial charge in [-0.15, -0.1) is 0 Å². The average Bonchev–Trinajstić information content (AvgIpc) is 2.76. The maximum atomic E-state index is 13.8. The van der Waals surface area contributed by atoms with Gasteiger partial charge >= 0.3 is 0 Å². The molecule has 7 nitrogen and oxygen atoms in total. The molecule has 0 spiro atoms. The van der Waals surface area contributed by atoms with Crippen molar-refractivity contribution in [3.8, 4) is 0 Å². The van der Waals surface area contributed by atoms with Crippen LogP contribution < -0.4 is 10.2 Å². The second-order valence-electron chi connectivity index (χ2n) is 7.39. The molecule has 0 unspecified atom stereocenters. The zero-order chi connectivity index (χ0) is 21.8. The molecule has 3 aromatic rings. The number of aromatic nitrogens is 3. The Hall–Kier alpha value is -3.62. The first-order chi connectivity index (χ1) is 15.0. The van der Waals surface area contributed by atoms with Crippen molar-refractivity contribution in [1.82, 2.24) is 19.9 Å². The van der Waals surface area contributed by atoms with Crippen LogP contribution in [0.25, 0.3) is 0 Å². The Balaban J connectivity index is 1.35. The van der Waals surface area contributed by atoms with Gasteiger partial charge in [0.25, 0.3) is 0 Å². The summed E-state index contributed by atoms with van der Waals surface area (Å²) in [6.45, 7) is 4.17. The summed E-state index contributed by atoms with van der Waals surface area (Å²) in [5.41, 5.74) is 1.29. The third kappa shape index (κ3) is 5.11. The lowest BCUT2D eigenvalue weighted by molar-refractivity contribution is -0.130. The fraction of sp³-hybridized carbons (Fsp3) is 0.273. The van der Waals surface area contributed by atoms with Gasteiger partial charge in [-0.3, -0.25) is 4.79 Å². The van der Waals surface area contributed by atoms with Gasteiger partial charge in [-0.1, -0.05) is 6.07 Å². The van der Waals surface area contributed by atoms with Crippen molar-refractivity contribution < 1.29 is 13.6 Å². The van der Waals surface area contributed by atoms with Crippen molar-refractivity contribution in [2.75, 3.05) is 36.4 Å². The minimum atomic E-state index is -0.698. The molecular formula is C22H22F2N6O. The summed E-state index contributed by atoms with van der Waals surface area (Å²) in [5.74, 6) is 0.555. The maximum absolute atomic E-state index is 13.8. The Morgan fingerprint density at radius 1 is 1.00 bits per heavy atom. The van der Waals surface area contributed by atoms with E-state index in [4.69, 9.17) is 0 Å². The standard InChI is InChI=1S/C22H22F2N6O/c1-15-4-5-25-19(10-15)28-20-13-21(27-14-26-20)29-6-8-30(9-7-29)22(31)11-16-2-3-17(23)12-18(16)24/h2-5,10,12-14H,6-9,11H2,1H3,(H,25,26,27,28). The Bertz CT molecular complexity index is 1090. The van der Waals surface area contributed by atoms with Gasteiger partial charge in [-0.2, -0.15) is 0 Å². The number of halogens is 2. The van der Waals surface area contributed by atoms with E-state index < -0.39 is 11.6 Å².